The third kappa shape index (κ3) is 5.94. The fourth-order valence-electron chi connectivity index (χ4n) is 4.95. The van der Waals surface area contributed by atoms with Gasteiger partial charge in [-0.25, -0.2) is 16.8 Å². The van der Waals surface area contributed by atoms with Crippen LogP contribution in [0.3, 0.4) is 0 Å². The van der Waals surface area contributed by atoms with Gasteiger partial charge in [-0.2, -0.15) is 4.31 Å². The van der Waals surface area contributed by atoms with E-state index in [1.54, 1.807) is 29.4 Å². The molecule has 0 unspecified atom stereocenters. The molecule has 0 aromatic heterocycles. The van der Waals surface area contributed by atoms with Gasteiger partial charge in [0.2, 0.25) is 15.9 Å². The maximum Gasteiger partial charge on any atom is 0.243 e. The number of sulfone groups is 1. The topological polar surface area (TPSA) is 107 Å². The molecule has 0 aliphatic carbocycles. The summed E-state index contributed by atoms with van der Waals surface area (Å²) in [6.45, 7) is 5.97. The van der Waals surface area contributed by atoms with E-state index in [0.29, 0.717) is 43.9 Å². The Hall–Kier alpha value is -1.53. The number of carbonyl (C=O) groups is 1. The molecule has 3 fully saturated rings. The second-order valence-corrected chi connectivity index (χ2v) is 13.5. The zero-order valence-electron chi connectivity index (χ0n) is 19.2. The van der Waals surface area contributed by atoms with E-state index in [0.717, 1.165) is 32.4 Å². The average molecular weight is 499 g/mol. The van der Waals surface area contributed by atoms with Crippen LogP contribution in [0.2, 0.25) is 0 Å². The molecule has 1 amide bonds. The first-order valence-electron chi connectivity index (χ1n) is 11.7. The lowest BCUT2D eigenvalue weighted by Crippen LogP contribution is -2.52. The lowest BCUT2D eigenvalue weighted by atomic mass is 10.2. The Labute approximate surface area is 197 Å². The second-order valence-electron chi connectivity index (χ2n) is 9.36. The summed E-state index contributed by atoms with van der Waals surface area (Å²) in [5, 5.41) is 2.85. The molecule has 33 heavy (non-hydrogen) atoms. The molecular weight excluding hydrogens is 464 g/mol. The molecule has 0 radical (unpaired) electrons. The third-order valence-corrected chi connectivity index (χ3v) is 10.7. The van der Waals surface area contributed by atoms with Crippen molar-refractivity contribution < 1.29 is 21.6 Å². The number of carbonyl (C=O) groups excluding carboxylic acids is 1. The van der Waals surface area contributed by atoms with Gasteiger partial charge in [0.15, 0.2) is 9.84 Å². The highest BCUT2D eigenvalue weighted by Gasteiger charge is 2.34. The Morgan fingerprint density at radius 2 is 1.76 bits per heavy atom. The molecule has 1 aromatic carbocycles. The molecule has 0 bridgehead atoms. The van der Waals surface area contributed by atoms with Gasteiger partial charge < -0.3 is 5.32 Å². The number of nitrogens with one attached hydrogen (secondary N) is 1. The number of aryl methyl sites for hydroxylation is 1. The monoisotopic (exact) mass is 498 g/mol. The summed E-state index contributed by atoms with van der Waals surface area (Å²) in [5.41, 5.74) is 1.15. The maximum atomic E-state index is 13.1. The van der Waals surface area contributed by atoms with E-state index in [1.807, 2.05) is 0 Å². The van der Waals surface area contributed by atoms with Gasteiger partial charge in [0, 0.05) is 51.0 Å². The number of anilines is 1. The predicted octanol–water partition coefficient (Wildman–Crippen LogP) is 0.913. The highest BCUT2D eigenvalue weighted by molar-refractivity contribution is 7.91. The molecule has 1 atom stereocenters. The van der Waals surface area contributed by atoms with Gasteiger partial charge in [0.1, 0.15) is 0 Å². The van der Waals surface area contributed by atoms with Crippen molar-refractivity contribution in [3.05, 3.63) is 23.8 Å². The van der Waals surface area contributed by atoms with E-state index >= 15 is 0 Å². The van der Waals surface area contributed by atoms with E-state index in [1.165, 1.54) is 0 Å². The number of piperidine rings is 1. The van der Waals surface area contributed by atoms with E-state index in [-0.39, 0.29) is 34.9 Å². The average Bonchev–Trinajstić information content (AvgIpc) is 3.15. The second kappa shape index (κ2) is 9.99. The van der Waals surface area contributed by atoms with Crippen LogP contribution in [0.25, 0.3) is 0 Å². The Balaban J connectivity index is 1.32. The maximum absolute atomic E-state index is 13.1. The van der Waals surface area contributed by atoms with Crippen LogP contribution < -0.4 is 5.32 Å². The standard InChI is InChI=1S/C22H34N4O5S2/c1-18-5-6-19(15-21(18)33(30,31)26-8-3-2-4-9-26)23-22(27)16-24-10-12-25(13-11-24)20-7-14-32(28,29)17-20/h5-6,15,20H,2-4,7-14,16-17H2,1H3,(H,23,27)/t20-/m0/s1. The van der Waals surface area contributed by atoms with Crippen molar-refractivity contribution in [3.63, 3.8) is 0 Å². The smallest absolute Gasteiger partial charge is 0.243 e. The van der Waals surface area contributed by atoms with E-state index in [2.05, 4.69) is 15.1 Å². The molecule has 184 valence electrons. The number of hydrogen-bond donors (Lipinski definition) is 1. The van der Waals surface area contributed by atoms with Crippen LogP contribution in [0.5, 0.6) is 0 Å². The molecule has 1 N–H and O–H groups in total. The molecule has 3 aliphatic heterocycles. The molecule has 3 aliphatic rings. The number of piperazine rings is 1. The number of sulfonamides is 1. The molecule has 1 aromatic rings. The molecule has 3 heterocycles. The van der Waals surface area contributed by atoms with Gasteiger partial charge in [0.25, 0.3) is 0 Å². The van der Waals surface area contributed by atoms with Gasteiger partial charge >= 0.3 is 0 Å². The quantitative estimate of drug-likeness (QED) is 0.621. The van der Waals surface area contributed by atoms with Crippen molar-refractivity contribution in [3.8, 4) is 0 Å². The fourth-order valence-corrected chi connectivity index (χ4v) is 8.48. The summed E-state index contributed by atoms with van der Waals surface area (Å²) in [6, 6.07) is 5.14. The number of rotatable bonds is 6. The zero-order chi connectivity index (χ0) is 23.6. The number of benzene rings is 1. The van der Waals surface area contributed by atoms with Crippen LogP contribution >= 0.6 is 0 Å². The number of amides is 1. The van der Waals surface area contributed by atoms with Crippen molar-refractivity contribution in [2.75, 3.05) is 62.6 Å². The summed E-state index contributed by atoms with van der Waals surface area (Å²) >= 11 is 0. The lowest BCUT2D eigenvalue weighted by Gasteiger charge is -2.37. The van der Waals surface area contributed by atoms with Crippen molar-refractivity contribution in [1.82, 2.24) is 14.1 Å². The first-order valence-corrected chi connectivity index (χ1v) is 15.0. The van der Waals surface area contributed by atoms with Crippen molar-refractivity contribution in [2.45, 2.75) is 43.5 Å². The van der Waals surface area contributed by atoms with Gasteiger partial charge in [-0.3, -0.25) is 14.6 Å². The van der Waals surface area contributed by atoms with Gasteiger partial charge in [-0.05, 0) is 43.9 Å². The minimum Gasteiger partial charge on any atom is -0.325 e. The summed E-state index contributed by atoms with van der Waals surface area (Å²) in [4.78, 5) is 17.2. The van der Waals surface area contributed by atoms with E-state index in [4.69, 9.17) is 0 Å². The molecular formula is C22H34N4O5S2. The van der Waals surface area contributed by atoms with Gasteiger partial charge in [0.05, 0.1) is 22.9 Å². The van der Waals surface area contributed by atoms with Crippen molar-refractivity contribution in [2.24, 2.45) is 0 Å². The van der Waals surface area contributed by atoms with Crippen LogP contribution in [-0.2, 0) is 24.7 Å². The minimum absolute atomic E-state index is 0.0961. The minimum atomic E-state index is -3.58. The zero-order valence-corrected chi connectivity index (χ0v) is 20.8. The number of nitrogens with zero attached hydrogens (tertiary/aromatic N) is 3. The number of hydrogen-bond acceptors (Lipinski definition) is 7. The SMILES string of the molecule is Cc1ccc(NC(=O)CN2CCN([C@H]3CCS(=O)(=O)C3)CC2)cc1S(=O)(=O)N1CCCCC1. The predicted molar refractivity (Wildman–Crippen MR) is 127 cm³/mol. The van der Waals surface area contributed by atoms with Crippen LogP contribution in [0, 0.1) is 6.92 Å². The fraction of sp³-hybridized carbons (Fsp3) is 0.682. The van der Waals surface area contributed by atoms with Crippen LogP contribution in [0.15, 0.2) is 23.1 Å². The Morgan fingerprint density at radius 3 is 2.39 bits per heavy atom. The Bertz CT molecular complexity index is 1080. The van der Waals surface area contributed by atoms with E-state index < -0.39 is 19.9 Å². The first-order chi connectivity index (χ1) is 15.6. The largest absolute Gasteiger partial charge is 0.325 e. The summed E-state index contributed by atoms with van der Waals surface area (Å²) in [7, 11) is -6.48. The highest BCUT2D eigenvalue weighted by atomic mass is 32.2. The highest BCUT2D eigenvalue weighted by Crippen LogP contribution is 2.26. The van der Waals surface area contributed by atoms with Crippen LogP contribution in [-0.4, -0.2) is 100 Å². The molecule has 3 saturated heterocycles. The Morgan fingerprint density at radius 1 is 1.06 bits per heavy atom. The van der Waals surface area contributed by atoms with Crippen LogP contribution in [0.4, 0.5) is 5.69 Å². The molecule has 0 saturated carbocycles. The molecule has 11 heteroatoms. The van der Waals surface area contributed by atoms with Gasteiger partial charge in [-0.15, -0.1) is 0 Å². The van der Waals surface area contributed by atoms with Gasteiger partial charge in [-0.1, -0.05) is 12.5 Å². The summed E-state index contributed by atoms with van der Waals surface area (Å²) in [6.07, 6.45) is 3.49. The summed E-state index contributed by atoms with van der Waals surface area (Å²) < 4.78 is 51.2. The lowest BCUT2D eigenvalue weighted by molar-refractivity contribution is -0.117. The van der Waals surface area contributed by atoms with E-state index in [9.17, 15) is 21.6 Å². The Kier molecular flexibility index (Phi) is 7.44. The molecule has 4 rings (SSSR count). The normalized spacial score (nSPS) is 25.2. The molecule has 0 spiro atoms. The first kappa shape index (κ1) is 24.6. The van der Waals surface area contributed by atoms with Crippen LogP contribution in [0.1, 0.15) is 31.2 Å². The van der Waals surface area contributed by atoms with Crippen molar-refractivity contribution >= 4 is 31.5 Å². The summed E-state index contributed by atoms with van der Waals surface area (Å²) in [5.74, 6) is 0.327. The third-order valence-electron chi connectivity index (χ3n) is 6.90. The van der Waals surface area contributed by atoms with Crippen molar-refractivity contribution in [1.29, 1.82) is 0 Å². The molecule has 9 nitrogen and oxygen atoms in total.